The summed E-state index contributed by atoms with van der Waals surface area (Å²) < 4.78 is 5.01. The van der Waals surface area contributed by atoms with E-state index in [9.17, 15) is 15.0 Å². The van der Waals surface area contributed by atoms with E-state index in [0.29, 0.717) is 0 Å². The summed E-state index contributed by atoms with van der Waals surface area (Å²) in [5, 5.41) is 21.9. The predicted octanol–water partition coefficient (Wildman–Crippen LogP) is -0.977. The first-order chi connectivity index (χ1) is 6.26. The van der Waals surface area contributed by atoms with Crippen LogP contribution in [-0.2, 0) is 9.53 Å². The minimum Gasteiger partial charge on any atom is -0.458 e. The summed E-state index contributed by atoms with van der Waals surface area (Å²) in [7, 11) is 0. The van der Waals surface area contributed by atoms with Gasteiger partial charge in [-0.3, -0.25) is 0 Å². The molecule has 0 aliphatic carbocycles. The smallest absolute Gasteiger partial charge is 0.342 e. The lowest BCUT2D eigenvalue weighted by atomic mass is 10.0. The number of aliphatic hydroxyl groups is 2. The number of carbonyl (C=O) groups excluding carboxylic acids is 1. The van der Waals surface area contributed by atoms with Crippen LogP contribution in [-0.4, -0.2) is 46.6 Å². The molecule has 0 aromatic carbocycles. The number of rotatable bonds is 1. The quantitative estimate of drug-likeness (QED) is 0.478. The topological polar surface area (TPSA) is 78.8 Å². The Morgan fingerprint density at radius 1 is 1.57 bits per heavy atom. The van der Waals surface area contributed by atoms with Gasteiger partial charge < -0.3 is 20.3 Å². The van der Waals surface area contributed by atoms with Gasteiger partial charge in [-0.1, -0.05) is 0 Å². The largest absolute Gasteiger partial charge is 0.458 e. The molecular formula is C9H17NO4. The first-order valence-corrected chi connectivity index (χ1v) is 4.60. The zero-order valence-electron chi connectivity index (χ0n) is 8.70. The van der Waals surface area contributed by atoms with Crippen molar-refractivity contribution in [1.82, 2.24) is 5.32 Å². The summed E-state index contributed by atoms with van der Waals surface area (Å²) in [5.41, 5.74) is -2.46. The molecule has 5 nitrogen and oxygen atoms in total. The predicted molar refractivity (Wildman–Crippen MR) is 49.7 cm³/mol. The Balaban J connectivity index is 2.68. The highest BCUT2D eigenvalue weighted by molar-refractivity contribution is 5.81. The van der Waals surface area contributed by atoms with Crippen LogP contribution in [0.4, 0.5) is 0 Å². The number of aliphatic hydroxyl groups excluding tert-OH is 1. The van der Waals surface area contributed by atoms with E-state index in [1.807, 2.05) is 0 Å². The highest BCUT2D eigenvalue weighted by Gasteiger charge is 2.49. The number of hydrogen-bond donors (Lipinski definition) is 3. The van der Waals surface area contributed by atoms with Crippen LogP contribution in [0.25, 0.3) is 0 Å². The minimum atomic E-state index is -1.80. The lowest BCUT2D eigenvalue weighted by Gasteiger charge is -2.28. The van der Waals surface area contributed by atoms with E-state index in [1.165, 1.54) is 0 Å². The maximum Gasteiger partial charge on any atom is 0.342 e. The molecule has 0 radical (unpaired) electrons. The molecule has 1 aliphatic heterocycles. The van der Waals surface area contributed by atoms with Crippen molar-refractivity contribution in [2.24, 2.45) is 0 Å². The van der Waals surface area contributed by atoms with Crippen molar-refractivity contribution in [3.05, 3.63) is 0 Å². The molecule has 14 heavy (non-hydrogen) atoms. The van der Waals surface area contributed by atoms with Crippen molar-refractivity contribution >= 4 is 5.97 Å². The van der Waals surface area contributed by atoms with Crippen LogP contribution in [0.1, 0.15) is 20.8 Å². The number of β-amino-alcohol motifs (C(OH)–C–C–N with tert-alkyl or cyclic N) is 2. The zero-order chi connectivity index (χ0) is 11.0. The summed E-state index contributed by atoms with van der Waals surface area (Å²) in [4.78, 5) is 11.5. The second-order valence-corrected chi connectivity index (χ2v) is 4.57. The van der Waals surface area contributed by atoms with Gasteiger partial charge in [0.15, 0.2) is 0 Å². The fraction of sp³-hybridized carbons (Fsp3) is 0.889. The van der Waals surface area contributed by atoms with Gasteiger partial charge in [-0.2, -0.15) is 0 Å². The van der Waals surface area contributed by atoms with Crippen LogP contribution in [0.15, 0.2) is 0 Å². The second-order valence-electron chi connectivity index (χ2n) is 4.57. The van der Waals surface area contributed by atoms with Gasteiger partial charge in [-0.05, 0) is 20.8 Å². The molecular weight excluding hydrogens is 186 g/mol. The summed E-state index contributed by atoms with van der Waals surface area (Å²) in [5.74, 6) is -0.775. The molecule has 82 valence electrons. The fourth-order valence-electron chi connectivity index (χ4n) is 1.26. The van der Waals surface area contributed by atoms with Crippen molar-refractivity contribution in [3.8, 4) is 0 Å². The van der Waals surface area contributed by atoms with Gasteiger partial charge in [0.05, 0.1) is 0 Å². The lowest BCUT2D eigenvalue weighted by Crippen LogP contribution is -2.52. The van der Waals surface area contributed by atoms with Crippen LogP contribution in [0.2, 0.25) is 0 Å². The molecule has 1 rings (SSSR count). The van der Waals surface area contributed by atoms with Crippen LogP contribution in [0.3, 0.4) is 0 Å². The van der Waals surface area contributed by atoms with Crippen LogP contribution in [0, 0.1) is 0 Å². The second kappa shape index (κ2) is 3.49. The maximum atomic E-state index is 11.5. The van der Waals surface area contributed by atoms with E-state index in [1.54, 1.807) is 20.8 Å². The number of ether oxygens (including phenoxy) is 1. The molecule has 0 aromatic heterocycles. The maximum absolute atomic E-state index is 11.5. The van der Waals surface area contributed by atoms with Crippen molar-refractivity contribution in [2.45, 2.75) is 38.1 Å². The molecule has 5 heteroatoms. The minimum absolute atomic E-state index is 0.0308. The normalized spacial score (nSPS) is 33.1. The van der Waals surface area contributed by atoms with Crippen LogP contribution < -0.4 is 5.32 Å². The zero-order valence-corrected chi connectivity index (χ0v) is 8.70. The Hall–Kier alpha value is -0.650. The Labute approximate surface area is 83.1 Å². The van der Waals surface area contributed by atoms with Gasteiger partial charge in [0, 0.05) is 13.1 Å². The summed E-state index contributed by atoms with van der Waals surface area (Å²) in [6.45, 7) is 5.37. The third-order valence-corrected chi connectivity index (χ3v) is 2.04. The third kappa shape index (κ3) is 2.23. The Morgan fingerprint density at radius 3 is 2.50 bits per heavy atom. The van der Waals surface area contributed by atoms with E-state index in [0.717, 1.165) is 0 Å². The van der Waals surface area contributed by atoms with Crippen molar-refractivity contribution < 1.29 is 19.7 Å². The number of hydrogen-bond acceptors (Lipinski definition) is 5. The monoisotopic (exact) mass is 203 g/mol. The van der Waals surface area contributed by atoms with E-state index < -0.39 is 23.3 Å². The third-order valence-electron chi connectivity index (χ3n) is 2.04. The first-order valence-electron chi connectivity index (χ1n) is 4.60. The molecule has 0 spiro atoms. The SMILES string of the molecule is CC(C)(C)OC(=O)C1(O)CNCC1O. The molecule has 1 heterocycles. The van der Waals surface area contributed by atoms with E-state index in [4.69, 9.17) is 4.74 Å². The van der Waals surface area contributed by atoms with E-state index in [2.05, 4.69) is 5.32 Å². The standard InChI is InChI=1S/C9H17NO4/c1-8(2,3)14-7(12)9(13)5-10-4-6(9)11/h6,10-11,13H,4-5H2,1-3H3. The average molecular weight is 203 g/mol. The van der Waals surface area contributed by atoms with Crippen LogP contribution in [0.5, 0.6) is 0 Å². The van der Waals surface area contributed by atoms with Gasteiger partial charge in [0.1, 0.15) is 11.7 Å². The summed E-state index contributed by atoms with van der Waals surface area (Å²) in [6, 6.07) is 0. The van der Waals surface area contributed by atoms with Gasteiger partial charge in [-0.15, -0.1) is 0 Å². The van der Waals surface area contributed by atoms with Crippen molar-refractivity contribution in [1.29, 1.82) is 0 Å². The summed E-state index contributed by atoms with van der Waals surface area (Å²) >= 11 is 0. The van der Waals surface area contributed by atoms with Gasteiger partial charge in [-0.25, -0.2) is 4.79 Å². The molecule has 1 saturated heterocycles. The molecule has 2 unspecified atom stereocenters. The van der Waals surface area contributed by atoms with Gasteiger partial charge >= 0.3 is 5.97 Å². The van der Waals surface area contributed by atoms with Gasteiger partial charge in [0.2, 0.25) is 5.60 Å². The molecule has 0 amide bonds. The molecule has 3 N–H and O–H groups in total. The van der Waals surface area contributed by atoms with Gasteiger partial charge in [0.25, 0.3) is 0 Å². The highest BCUT2D eigenvalue weighted by Crippen LogP contribution is 2.20. The molecule has 0 aromatic rings. The van der Waals surface area contributed by atoms with E-state index in [-0.39, 0.29) is 13.1 Å². The average Bonchev–Trinajstić information content (AvgIpc) is 2.30. The van der Waals surface area contributed by atoms with Crippen LogP contribution >= 0.6 is 0 Å². The Kier molecular flexibility index (Phi) is 2.85. The number of esters is 1. The number of carbonyl (C=O) groups is 1. The Morgan fingerprint density at radius 2 is 2.14 bits per heavy atom. The molecule has 0 saturated carbocycles. The van der Waals surface area contributed by atoms with Crippen molar-refractivity contribution in [2.75, 3.05) is 13.1 Å². The fourth-order valence-corrected chi connectivity index (χ4v) is 1.26. The summed E-state index contributed by atoms with van der Waals surface area (Å²) in [6.07, 6.45) is -1.10. The molecule has 1 fully saturated rings. The highest BCUT2D eigenvalue weighted by atomic mass is 16.6. The number of nitrogens with one attached hydrogen (secondary N) is 1. The molecule has 0 bridgehead atoms. The Bertz CT molecular complexity index is 235. The first kappa shape index (κ1) is 11.4. The van der Waals surface area contributed by atoms with E-state index >= 15 is 0 Å². The van der Waals surface area contributed by atoms with Crippen molar-refractivity contribution in [3.63, 3.8) is 0 Å². The molecule has 1 aliphatic rings. The lowest BCUT2D eigenvalue weighted by molar-refractivity contribution is -0.183. The molecule has 2 atom stereocenters.